The Kier molecular flexibility index (Phi) is 3.33. The zero-order valence-corrected chi connectivity index (χ0v) is 12.0. The summed E-state index contributed by atoms with van der Waals surface area (Å²) in [5, 5.41) is 4.28. The van der Waals surface area contributed by atoms with Gasteiger partial charge in [0.15, 0.2) is 10.7 Å². The van der Waals surface area contributed by atoms with Gasteiger partial charge in [0.05, 0.1) is 11.4 Å². The number of imidazole rings is 1. The van der Waals surface area contributed by atoms with Gasteiger partial charge in [-0.25, -0.2) is 17.9 Å². The lowest BCUT2D eigenvalue weighted by Gasteiger charge is -2.05. The van der Waals surface area contributed by atoms with E-state index in [1.165, 1.54) is 4.52 Å². The van der Waals surface area contributed by atoms with E-state index in [9.17, 15) is 8.42 Å². The molecule has 0 fully saturated rings. The van der Waals surface area contributed by atoms with Gasteiger partial charge in [0.1, 0.15) is 0 Å². The SMILES string of the molecule is CCc1nc2ccc(C(C)C)nn2c1S(=O)(=O)Cl. The van der Waals surface area contributed by atoms with E-state index in [1.54, 1.807) is 6.07 Å². The van der Waals surface area contributed by atoms with Crippen LogP contribution in [0.4, 0.5) is 0 Å². The minimum Gasteiger partial charge on any atom is -0.231 e. The predicted octanol–water partition coefficient (Wildman–Crippen LogP) is 2.34. The molecule has 2 aromatic rings. The molecule has 18 heavy (non-hydrogen) atoms. The van der Waals surface area contributed by atoms with Gasteiger partial charge in [-0.2, -0.15) is 5.10 Å². The highest BCUT2D eigenvalue weighted by Crippen LogP contribution is 2.22. The molecule has 0 unspecified atom stereocenters. The molecule has 0 aliphatic carbocycles. The Labute approximate surface area is 110 Å². The summed E-state index contributed by atoms with van der Waals surface area (Å²) in [5.41, 5.74) is 1.73. The average Bonchev–Trinajstić information content (AvgIpc) is 2.65. The van der Waals surface area contributed by atoms with E-state index < -0.39 is 9.05 Å². The molecule has 2 aromatic heterocycles. The fourth-order valence-corrected chi connectivity index (χ4v) is 3.03. The van der Waals surface area contributed by atoms with Crippen molar-refractivity contribution in [1.29, 1.82) is 0 Å². The lowest BCUT2D eigenvalue weighted by molar-refractivity contribution is 0.598. The normalized spacial score (nSPS) is 12.5. The molecule has 0 bridgehead atoms. The number of halogens is 1. The van der Waals surface area contributed by atoms with Crippen LogP contribution in [0.25, 0.3) is 5.65 Å². The van der Waals surface area contributed by atoms with Crippen LogP contribution in [0.5, 0.6) is 0 Å². The van der Waals surface area contributed by atoms with Crippen molar-refractivity contribution in [3.05, 3.63) is 23.5 Å². The second-order valence-corrected chi connectivity index (χ2v) is 6.82. The highest BCUT2D eigenvalue weighted by molar-refractivity contribution is 8.13. The Hall–Kier alpha value is -1.14. The van der Waals surface area contributed by atoms with Crippen molar-refractivity contribution >= 4 is 25.4 Å². The molecular weight excluding hydrogens is 274 g/mol. The maximum Gasteiger partial charge on any atom is 0.280 e. The van der Waals surface area contributed by atoms with Crippen molar-refractivity contribution in [2.45, 2.75) is 38.1 Å². The molecule has 0 spiro atoms. The van der Waals surface area contributed by atoms with Crippen LogP contribution >= 0.6 is 10.7 Å². The molecule has 98 valence electrons. The lowest BCUT2D eigenvalue weighted by atomic mass is 10.1. The van der Waals surface area contributed by atoms with Crippen LogP contribution in [-0.2, 0) is 15.5 Å². The minimum absolute atomic E-state index is 0.0239. The Morgan fingerprint density at radius 1 is 1.39 bits per heavy atom. The zero-order chi connectivity index (χ0) is 13.5. The van der Waals surface area contributed by atoms with Crippen LogP contribution in [0, 0.1) is 0 Å². The Morgan fingerprint density at radius 3 is 2.56 bits per heavy atom. The first kappa shape index (κ1) is 13.3. The highest BCUT2D eigenvalue weighted by Gasteiger charge is 2.23. The molecule has 0 aromatic carbocycles. The van der Waals surface area contributed by atoms with Gasteiger partial charge in [0.25, 0.3) is 9.05 Å². The number of aromatic nitrogens is 3. The van der Waals surface area contributed by atoms with E-state index in [2.05, 4.69) is 10.1 Å². The largest absolute Gasteiger partial charge is 0.280 e. The third-order valence-electron chi connectivity index (χ3n) is 2.68. The summed E-state index contributed by atoms with van der Waals surface area (Å²) in [6, 6.07) is 3.60. The molecule has 2 rings (SSSR count). The van der Waals surface area contributed by atoms with Gasteiger partial charge in [0.2, 0.25) is 0 Å². The van der Waals surface area contributed by atoms with E-state index in [1.807, 2.05) is 26.8 Å². The van der Waals surface area contributed by atoms with Crippen LogP contribution in [0.15, 0.2) is 17.2 Å². The lowest BCUT2D eigenvalue weighted by Crippen LogP contribution is -2.06. The molecule has 0 amide bonds. The molecular formula is C11H14ClN3O2S. The maximum atomic E-state index is 11.6. The van der Waals surface area contributed by atoms with Crippen molar-refractivity contribution in [2.75, 3.05) is 0 Å². The average molecular weight is 288 g/mol. The van der Waals surface area contributed by atoms with E-state index in [4.69, 9.17) is 10.7 Å². The Bertz CT molecular complexity index is 692. The molecule has 7 heteroatoms. The molecule has 0 saturated carbocycles. The monoisotopic (exact) mass is 287 g/mol. The van der Waals surface area contributed by atoms with Crippen molar-refractivity contribution in [3.8, 4) is 0 Å². The second-order valence-electron chi connectivity index (χ2n) is 4.34. The summed E-state index contributed by atoms with van der Waals surface area (Å²) in [6.07, 6.45) is 0.488. The van der Waals surface area contributed by atoms with E-state index in [0.717, 1.165) is 5.69 Å². The van der Waals surface area contributed by atoms with Gasteiger partial charge in [-0.15, -0.1) is 0 Å². The first-order chi connectivity index (χ1) is 8.34. The molecule has 0 N–H and O–H groups in total. The number of fused-ring (bicyclic) bond motifs is 1. The first-order valence-corrected chi connectivity index (χ1v) is 7.98. The molecule has 0 atom stereocenters. The number of hydrogen-bond donors (Lipinski definition) is 0. The summed E-state index contributed by atoms with van der Waals surface area (Å²) in [5.74, 6) is 0.202. The van der Waals surface area contributed by atoms with Crippen LogP contribution in [0.3, 0.4) is 0 Å². The molecule has 2 heterocycles. The molecule has 0 aliphatic heterocycles. The summed E-state index contributed by atoms with van der Waals surface area (Å²) in [7, 11) is 1.60. The van der Waals surface area contributed by atoms with Gasteiger partial charge in [-0.3, -0.25) is 0 Å². The van der Waals surface area contributed by atoms with Gasteiger partial charge >= 0.3 is 0 Å². The molecule has 5 nitrogen and oxygen atoms in total. The summed E-state index contributed by atoms with van der Waals surface area (Å²) in [4.78, 5) is 4.23. The molecule has 0 saturated heterocycles. The Balaban J connectivity index is 2.83. The topological polar surface area (TPSA) is 64.3 Å². The Morgan fingerprint density at radius 2 is 2.06 bits per heavy atom. The number of hydrogen-bond acceptors (Lipinski definition) is 4. The van der Waals surface area contributed by atoms with Crippen molar-refractivity contribution in [1.82, 2.24) is 14.6 Å². The standard InChI is InChI=1S/C11H14ClN3O2S/c1-4-8-11(18(12,16)17)15-10(13-8)6-5-9(14-15)7(2)3/h5-7H,4H2,1-3H3. The number of aryl methyl sites for hydroxylation is 1. The second kappa shape index (κ2) is 4.51. The third kappa shape index (κ3) is 2.22. The summed E-state index contributed by atoms with van der Waals surface area (Å²) < 4.78 is 24.6. The minimum atomic E-state index is -3.86. The van der Waals surface area contributed by atoms with Gasteiger partial charge in [0, 0.05) is 10.7 Å². The van der Waals surface area contributed by atoms with Crippen molar-refractivity contribution in [2.24, 2.45) is 0 Å². The third-order valence-corrected chi connectivity index (χ3v) is 3.99. The smallest absolute Gasteiger partial charge is 0.231 e. The highest BCUT2D eigenvalue weighted by atomic mass is 35.7. The number of nitrogens with zero attached hydrogens (tertiary/aromatic N) is 3. The quantitative estimate of drug-likeness (QED) is 0.813. The van der Waals surface area contributed by atoms with Crippen LogP contribution < -0.4 is 0 Å². The molecule has 0 radical (unpaired) electrons. The van der Waals surface area contributed by atoms with Gasteiger partial charge in [-0.1, -0.05) is 20.8 Å². The maximum absolute atomic E-state index is 11.6. The summed E-state index contributed by atoms with van der Waals surface area (Å²) in [6.45, 7) is 5.80. The van der Waals surface area contributed by atoms with Crippen molar-refractivity contribution < 1.29 is 8.42 Å². The van der Waals surface area contributed by atoms with E-state index in [-0.39, 0.29) is 10.9 Å². The predicted molar refractivity (Wildman–Crippen MR) is 69.5 cm³/mol. The van der Waals surface area contributed by atoms with E-state index in [0.29, 0.717) is 17.8 Å². The fourth-order valence-electron chi connectivity index (χ4n) is 1.76. The number of rotatable bonds is 3. The zero-order valence-electron chi connectivity index (χ0n) is 10.4. The summed E-state index contributed by atoms with van der Waals surface area (Å²) >= 11 is 0. The van der Waals surface area contributed by atoms with Gasteiger partial charge < -0.3 is 0 Å². The van der Waals surface area contributed by atoms with Crippen LogP contribution in [0.2, 0.25) is 0 Å². The van der Waals surface area contributed by atoms with Gasteiger partial charge in [-0.05, 0) is 24.5 Å². The van der Waals surface area contributed by atoms with Crippen molar-refractivity contribution in [3.63, 3.8) is 0 Å². The van der Waals surface area contributed by atoms with Crippen LogP contribution in [-0.4, -0.2) is 23.0 Å². The van der Waals surface area contributed by atoms with E-state index >= 15 is 0 Å². The molecule has 0 aliphatic rings. The van der Waals surface area contributed by atoms with Crippen LogP contribution in [0.1, 0.15) is 38.1 Å². The fraction of sp³-hybridized carbons (Fsp3) is 0.455. The first-order valence-electron chi connectivity index (χ1n) is 5.67.